The summed E-state index contributed by atoms with van der Waals surface area (Å²) in [7, 11) is 3.76. The van der Waals surface area contributed by atoms with E-state index in [1.54, 1.807) is 0 Å². The molecule has 2 aliphatic carbocycles. The molecule has 3 amide bonds. The van der Waals surface area contributed by atoms with Crippen molar-refractivity contribution < 1.29 is 28.4 Å². The van der Waals surface area contributed by atoms with Crippen molar-refractivity contribution in [3.63, 3.8) is 0 Å². The number of halogens is 1. The van der Waals surface area contributed by atoms with E-state index in [9.17, 15) is 18.9 Å². The van der Waals surface area contributed by atoms with E-state index in [1.807, 2.05) is 61.8 Å². The molecule has 2 saturated heterocycles. The Morgan fingerprint density at radius 3 is 2.09 bits per heavy atom. The number of H-pyrrole nitrogens is 1. The van der Waals surface area contributed by atoms with Crippen molar-refractivity contribution in [1.29, 1.82) is 0 Å². The van der Waals surface area contributed by atoms with Crippen LogP contribution in [0.15, 0.2) is 78.8 Å². The molecule has 4 aromatic carbocycles. The number of hydrogen-bond donors (Lipinski definition) is 4. The molecule has 0 bridgehead atoms. The number of alkyl carbamates (subject to hydrolysis) is 1. The first-order valence-electron chi connectivity index (χ1n) is 23.5. The number of fused-ring (bicyclic) bond motifs is 6. The van der Waals surface area contributed by atoms with Gasteiger partial charge in [-0.25, -0.2) is 9.78 Å². The summed E-state index contributed by atoms with van der Waals surface area (Å²) in [4.78, 5) is 59.9. The van der Waals surface area contributed by atoms with Crippen molar-refractivity contribution in [2.75, 3.05) is 33.1 Å². The Hall–Kier alpha value is -6.34. The number of anilines is 1. The average Bonchev–Trinajstić information content (AvgIpc) is 3.98. The highest BCUT2D eigenvalue weighted by atomic mass is 19.2. The van der Waals surface area contributed by atoms with Crippen LogP contribution in [0.3, 0.4) is 0 Å². The lowest BCUT2D eigenvalue weighted by atomic mass is 10.0. The van der Waals surface area contributed by atoms with Crippen LogP contribution in [0.5, 0.6) is 0 Å². The van der Waals surface area contributed by atoms with Crippen LogP contribution in [0.4, 0.5) is 20.7 Å². The molecule has 3 heterocycles. The number of piperidine rings is 2. The molecule has 2 aliphatic heterocycles. The molecule has 0 radical (unpaired) electrons. The molecule has 4 aliphatic rings. The van der Waals surface area contributed by atoms with Gasteiger partial charge in [-0.05, 0) is 96.7 Å². The van der Waals surface area contributed by atoms with E-state index in [0.717, 1.165) is 86.6 Å². The van der Waals surface area contributed by atoms with E-state index in [-0.39, 0.29) is 46.9 Å². The fourth-order valence-electron chi connectivity index (χ4n) is 9.94. The molecule has 4 fully saturated rings. The van der Waals surface area contributed by atoms with Crippen molar-refractivity contribution >= 4 is 68.6 Å². The minimum Gasteiger partial charge on any atom is -0.453 e. The Kier molecular flexibility index (Phi) is 16.0. The lowest BCUT2D eigenvalue weighted by Crippen LogP contribution is -2.56. The second-order valence-electron chi connectivity index (χ2n) is 18.5. The first kappa shape index (κ1) is 51.1. The molecule has 2 saturated carbocycles. The molecule has 1 aromatic heterocycles. The topological polar surface area (TPSA) is 171 Å². The molecular formula is C53H68FN9O5. The van der Waals surface area contributed by atoms with E-state index in [0.29, 0.717) is 25.3 Å². The van der Waals surface area contributed by atoms with Gasteiger partial charge < -0.3 is 30.6 Å². The number of imidazole rings is 1. The lowest BCUT2D eigenvalue weighted by molar-refractivity contribution is -0.241. The maximum Gasteiger partial charge on any atom is 0.408 e. The van der Waals surface area contributed by atoms with Crippen LogP contribution in [0.2, 0.25) is 0 Å². The molecule has 5 N–H and O–H groups in total. The van der Waals surface area contributed by atoms with Gasteiger partial charge in [-0.15, -0.1) is 17.6 Å². The van der Waals surface area contributed by atoms with Crippen molar-refractivity contribution in [1.82, 2.24) is 30.4 Å². The highest BCUT2D eigenvalue weighted by Gasteiger charge is 2.68. The van der Waals surface area contributed by atoms with E-state index in [2.05, 4.69) is 107 Å². The number of benzene rings is 4. The second kappa shape index (κ2) is 21.3. The van der Waals surface area contributed by atoms with Crippen LogP contribution in [0.1, 0.15) is 103 Å². The maximum absolute atomic E-state index is 13.6. The third kappa shape index (κ3) is 10.4. The van der Waals surface area contributed by atoms with Crippen LogP contribution in [0, 0.1) is 35.5 Å². The normalized spacial score (nSPS) is 22.7. The Bertz CT molecular complexity index is 2730. The predicted molar refractivity (Wildman–Crippen MR) is 269 cm³/mol. The molecule has 9 rings (SSSR count). The van der Waals surface area contributed by atoms with Crippen LogP contribution in [-0.2, 0) is 19.2 Å². The minimum atomic E-state index is -0.695. The molecular weight excluding hydrogens is 862 g/mol. The third-order valence-electron chi connectivity index (χ3n) is 13.1. The zero-order chi connectivity index (χ0) is 49.7. The van der Waals surface area contributed by atoms with Gasteiger partial charge in [0, 0.05) is 60.2 Å². The zero-order valence-corrected chi connectivity index (χ0v) is 41.0. The smallest absolute Gasteiger partial charge is 0.408 e. The van der Waals surface area contributed by atoms with Crippen molar-refractivity contribution in [2.24, 2.45) is 34.4 Å². The van der Waals surface area contributed by atoms with E-state index < -0.39 is 17.4 Å². The van der Waals surface area contributed by atoms with Gasteiger partial charge in [0.1, 0.15) is 11.5 Å². The van der Waals surface area contributed by atoms with Gasteiger partial charge in [0.05, 0.1) is 54.4 Å². The zero-order valence-electron chi connectivity index (χ0n) is 41.0. The van der Waals surface area contributed by atoms with Crippen LogP contribution >= 0.6 is 0 Å². The first-order valence-corrected chi connectivity index (χ1v) is 23.5. The van der Waals surface area contributed by atoms with E-state index in [1.165, 1.54) is 21.3 Å². The van der Waals surface area contributed by atoms with Crippen molar-refractivity contribution in [3.05, 3.63) is 90.8 Å². The van der Waals surface area contributed by atoms with Crippen molar-refractivity contribution in [2.45, 2.75) is 103 Å². The van der Waals surface area contributed by atoms with Gasteiger partial charge in [0.15, 0.2) is 0 Å². The Morgan fingerprint density at radius 2 is 1.50 bits per heavy atom. The molecule has 0 spiro atoms. The lowest BCUT2D eigenvalue weighted by Gasteiger charge is -2.35. The number of methoxy groups -OCH3 is 1. The number of rotatable bonds is 11. The molecule has 6 atom stereocenters. The predicted octanol–water partition coefficient (Wildman–Crippen LogP) is 9.92. The standard InChI is InChI=1S/C47H52N8O4.C2H6FNO.C2H6.C2H4/c1-26(2)17-40(56)54-34(21-33-24-47(33,54)53-45(58)59-6)25-50-42-35-13-9-28(19-30(35)11-15-37(42)49-5)7-8-29-10-14-36-31(20-29)12-16-38-43(36)52-44(51-38)39-22-32-23-46(32,48)55(39)41(57)18-27(3)4;1-4(3)5-2;2*1-2/h9-16,19-20,26-27,32-34,39,50H,5,17-18,21-25,48H2,1-4,6H3,(H,51,52)(H,53,58);1-2H3;1-2H3;1-2H2/t32-,33-,34-,39-,46+,47+;;;/m0.../s1. The summed E-state index contributed by atoms with van der Waals surface area (Å²) in [6.45, 7) is 22.5. The van der Waals surface area contributed by atoms with Crippen LogP contribution in [0.25, 0.3) is 32.6 Å². The monoisotopic (exact) mass is 930 g/mol. The van der Waals surface area contributed by atoms with Crippen LogP contribution < -0.4 is 16.4 Å². The third-order valence-corrected chi connectivity index (χ3v) is 13.1. The summed E-state index contributed by atoms with van der Waals surface area (Å²) in [6.07, 6.45) is 3.54. The maximum atomic E-state index is 13.6. The highest BCUT2D eigenvalue weighted by Crippen LogP contribution is 2.59. The number of amides is 3. The average molecular weight is 930 g/mol. The number of nitrogens with one attached hydrogen (secondary N) is 3. The summed E-state index contributed by atoms with van der Waals surface area (Å²) < 4.78 is 16.0. The molecule has 15 heteroatoms. The fraction of sp³-hybridized carbons (Fsp3) is 0.453. The quantitative estimate of drug-likeness (QED) is 0.0331. The van der Waals surface area contributed by atoms with Gasteiger partial charge in [-0.1, -0.05) is 77.6 Å². The summed E-state index contributed by atoms with van der Waals surface area (Å²) in [5.41, 5.74) is 10.6. The molecule has 68 heavy (non-hydrogen) atoms. The largest absolute Gasteiger partial charge is 0.453 e. The Balaban J connectivity index is 0.000000786. The van der Waals surface area contributed by atoms with Gasteiger partial charge in [-0.2, -0.15) is 0 Å². The fourth-order valence-corrected chi connectivity index (χ4v) is 9.94. The number of aromatic nitrogens is 2. The van der Waals surface area contributed by atoms with E-state index in [4.69, 9.17) is 15.5 Å². The number of likely N-dealkylation sites (tertiary alicyclic amines) is 2. The molecule has 5 aromatic rings. The van der Waals surface area contributed by atoms with Gasteiger partial charge in [0.2, 0.25) is 11.8 Å². The minimum absolute atomic E-state index is 0.0323. The number of nitrogens with two attached hydrogens (primary N) is 1. The number of ether oxygens (including phenoxy) is 1. The molecule has 362 valence electrons. The van der Waals surface area contributed by atoms with Gasteiger partial charge in [-0.3, -0.25) is 24.7 Å². The number of carbonyl (C=O) groups is 3. The van der Waals surface area contributed by atoms with Gasteiger partial charge >= 0.3 is 6.09 Å². The van der Waals surface area contributed by atoms with Gasteiger partial charge in [0.25, 0.3) is 0 Å². The number of hydrogen-bond acceptors (Lipinski definition) is 10. The van der Waals surface area contributed by atoms with Crippen LogP contribution in [-0.4, -0.2) is 94.9 Å². The number of aromatic amines is 1. The Labute approximate surface area is 399 Å². The highest BCUT2D eigenvalue weighted by molar-refractivity contribution is 6.05. The van der Waals surface area contributed by atoms with Crippen molar-refractivity contribution in [3.8, 4) is 11.8 Å². The number of carbonyl (C=O) groups excluding carboxylic acids is 3. The summed E-state index contributed by atoms with van der Waals surface area (Å²) in [6, 6.07) is 20.2. The molecule has 14 nitrogen and oxygen atoms in total. The second-order valence-corrected chi connectivity index (χ2v) is 18.5. The summed E-state index contributed by atoms with van der Waals surface area (Å²) in [5, 5.41) is 10.8. The first-order chi connectivity index (χ1) is 32.6. The van der Waals surface area contributed by atoms with E-state index >= 15 is 0 Å². The Morgan fingerprint density at radius 1 is 0.912 bits per heavy atom. The summed E-state index contributed by atoms with van der Waals surface area (Å²) in [5.74, 6) is 8.60. The number of aliphatic imine (C=N–C) groups is 1. The molecule has 0 unspecified atom stereocenters. The SMILES string of the molecule is C=C.C=Nc1ccc2cc(C#Cc3ccc4c(ccc5[nH]c([C@@H]6C[C@H]7C[C@@]7(N)N6C(=O)CC(C)C)nc54)c3)ccc2c1NC[C@@H]1C[C@H]2C[C@@]2(NC(=O)OC)N1C(=O)CC(C)C.CC.CON(C)F. The number of hydroxylamine groups is 1. The summed E-state index contributed by atoms with van der Waals surface area (Å²) >= 11 is 0. The number of nitrogens with zero attached hydrogens (tertiary/aromatic N) is 5.